The van der Waals surface area contributed by atoms with Crippen LogP contribution in [-0.4, -0.2) is 28.6 Å². The Hall–Kier alpha value is -2.54. The van der Waals surface area contributed by atoms with Crippen molar-refractivity contribution in [3.05, 3.63) is 52.5 Å². The Kier molecular flexibility index (Phi) is 6.20. The lowest BCUT2D eigenvalue weighted by atomic mass is 10.2. The van der Waals surface area contributed by atoms with Crippen molar-refractivity contribution < 1.29 is 9.59 Å². The summed E-state index contributed by atoms with van der Waals surface area (Å²) >= 11 is 1.57. The van der Waals surface area contributed by atoms with Gasteiger partial charge in [-0.05, 0) is 24.3 Å². The van der Waals surface area contributed by atoms with E-state index >= 15 is 0 Å². The zero-order valence-electron chi connectivity index (χ0n) is 13.7. The number of hydrogen-bond acceptors (Lipinski definition) is 5. The molecule has 0 aliphatic carbocycles. The van der Waals surface area contributed by atoms with Gasteiger partial charge < -0.3 is 10.6 Å². The summed E-state index contributed by atoms with van der Waals surface area (Å²) in [7, 11) is 0. The topological polar surface area (TPSA) is 84.0 Å². The van der Waals surface area contributed by atoms with Crippen molar-refractivity contribution in [2.24, 2.45) is 0 Å². The summed E-state index contributed by atoms with van der Waals surface area (Å²) in [5.41, 5.74) is 1.04. The fourth-order valence-electron chi connectivity index (χ4n) is 1.92. The highest BCUT2D eigenvalue weighted by Crippen LogP contribution is 2.19. The number of anilines is 1. The molecular formula is C17H20N4O2S. The van der Waals surface area contributed by atoms with Crippen LogP contribution in [0.1, 0.15) is 40.1 Å². The van der Waals surface area contributed by atoms with E-state index in [0.29, 0.717) is 30.1 Å². The zero-order valence-corrected chi connectivity index (χ0v) is 14.5. The van der Waals surface area contributed by atoms with Crippen LogP contribution >= 0.6 is 11.3 Å². The average Bonchev–Trinajstić information content (AvgIpc) is 3.04. The Morgan fingerprint density at radius 2 is 2.12 bits per heavy atom. The van der Waals surface area contributed by atoms with Crippen LogP contribution in [0.15, 0.2) is 36.9 Å². The molecule has 2 amide bonds. The predicted molar refractivity (Wildman–Crippen MR) is 95.3 cm³/mol. The first-order valence-electron chi connectivity index (χ1n) is 7.63. The Labute approximate surface area is 145 Å². The average molecular weight is 344 g/mol. The van der Waals surface area contributed by atoms with Crippen molar-refractivity contribution in [2.75, 3.05) is 11.9 Å². The molecule has 2 rings (SSSR count). The number of benzene rings is 1. The van der Waals surface area contributed by atoms with Crippen LogP contribution in [0, 0.1) is 0 Å². The van der Waals surface area contributed by atoms with E-state index < -0.39 is 0 Å². The van der Waals surface area contributed by atoms with Crippen LogP contribution in [0.25, 0.3) is 0 Å². The van der Waals surface area contributed by atoms with Crippen LogP contribution in [0.5, 0.6) is 0 Å². The highest BCUT2D eigenvalue weighted by molar-refractivity contribution is 7.11. The molecule has 0 atom stereocenters. The van der Waals surface area contributed by atoms with Gasteiger partial charge in [-0.1, -0.05) is 26.5 Å². The molecule has 24 heavy (non-hydrogen) atoms. The number of carbonyl (C=O) groups is 2. The minimum Gasteiger partial charge on any atom is -0.352 e. The zero-order chi connectivity index (χ0) is 17.5. The number of aromatic nitrogens is 2. The number of nitrogens with one attached hydrogen (secondary N) is 2. The van der Waals surface area contributed by atoms with Crippen LogP contribution < -0.4 is 10.6 Å². The summed E-state index contributed by atoms with van der Waals surface area (Å²) in [4.78, 5) is 23.5. The summed E-state index contributed by atoms with van der Waals surface area (Å²) in [6, 6.07) is 6.75. The van der Waals surface area contributed by atoms with Crippen LogP contribution in [0.3, 0.4) is 0 Å². The molecule has 7 heteroatoms. The van der Waals surface area contributed by atoms with Crippen molar-refractivity contribution in [1.29, 1.82) is 0 Å². The van der Waals surface area contributed by atoms with Gasteiger partial charge in [-0.2, -0.15) is 0 Å². The van der Waals surface area contributed by atoms with Gasteiger partial charge in [-0.25, -0.2) is 0 Å². The van der Waals surface area contributed by atoms with Crippen molar-refractivity contribution in [3.8, 4) is 0 Å². The Morgan fingerprint density at radius 1 is 1.33 bits per heavy atom. The van der Waals surface area contributed by atoms with E-state index in [0.717, 1.165) is 10.0 Å². The minimum atomic E-state index is -0.315. The van der Waals surface area contributed by atoms with Gasteiger partial charge in [0.25, 0.3) is 5.91 Å². The van der Waals surface area contributed by atoms with E-state index in [4.69, 9.17) is 0 Å². The quantitative estimate of drug-likeness (QED) is 0.757. The van der Waals surface area contributed by atoms with E-state index in [9.17, 15) is 9.59 Å². The molecule has 6 nitrogen and oxygen atoms in total. The van der Waals surface area contributed by atoms with E-state index in [2.05, 4.69) is 41.3 Å². The maximum absolute atomic E-state index is 12.2. The molecule has 1 heterocycles. The molecule has 0 unspecified atom stereocenters. The Bertz CT molecular complexity index is 740. The smallest absolute Gasteiger partial charge is 0.251 e. The molecular weight excluding hydrogens is 324 g/mol. The van der Waals surface area contributed by atoms with Gasteiger partial charge in [-0.3, -0.25) is 9.59 Å². The van der Waals surface area contributed by atoms with E-state index in [1.165, 1.54) is 6.08 Å². The first-order valence-corrected chi connectivity index (χ1v) is 8.45. The first kappa shape index (κ1) is 17.8. The monoisotopic (exact) mass is 344 g/mol. The largest absolute Gasteiger partial charge is 0.352 e. The lowest BCUT2D eigenvalue weighted by Crippen LogP contribution is -2.25. The standard InChI is InChI=1S/C17H20N4O2S/c1-4-14(22)19-13-7-5-6-12(10-13)16(23)18-9-8-15-20-21-17(24-15)11(2)3/h4-7,10-11H,1,8-9H2,2-3H3,(H,18,23)(H,19,22). The van der Waals surface area contributed by atoms with Gasteiger partial charge in [0.05, 0.1) is 0 Å². The molecule has 0 saturated heterocycles. The fourth-order valence-corrected chi connectivity index (χ4v) is 2.76. The highest BCUT2D eigenvalue weighted by Gasteiger charge is 2.10. The molecule has 2 aromatic rings. The van der Waals surface area contributed by atoms with Crippen molar-refractivity contribution in [2.45, 2.75) is 26.2 Å². The van der Waals surface area contributed by atoms with Crippen molar-refractivity contribution >= 4 is 28.8 Å². The van der Waals surface area contributed by atoms with Crippen molar-refractivity contribution in [3.63, 3.8) is 0 Å². The summed E-state index contributed by atoms with van der Waals surface area (Å²) in [6.07, 6.45) is 1.82. The van der Waals surface area contributed by atoms with Crippen molar-refractivity contribution in [1.82, 2.24) is 15.5 Å². The third-order valence-electron chi connectivity index (χ3n) is 3.18. The van der Waals surface area contributed by atoms with Gasteiger partial charge in [0.15, 0.2) is 0 Å². The second kappa shape index (κ2) is 8.35. The maximum Gasteiger partial charge on any atom is 0.251 e. The van der Waals surface area contributed by atoms with E-state index in [-0.39, 0.29) is 11.8 Å². The van der Waals surface area contributed by atoms with Crippen LogP contribution in [0.2, 0.25) is 0 Å². The molecule has 1 aromatic carbocycles. The first-order chi connectivity index (χ1) is 11.5. The van der Waals surface area contributed by atoms with Gasteiger partial charge in [-0.15, -0.1) is 21.5 Å². The predicted octanol–water partition coefficient (Wildman–Crippen LogP) is 2.76. The molecule has 0 fully saturated rings. The van der Waals surface area contributed by atoms with Crippen LogP contribution in [-0.2, 0) is 11.2 Å². The fraction of sp³-hybridized carbons (Fsp3) is 0.294. The Morgan fingerprint density at radius 3 is 2.79 bits per heavy atom. The van der Waals surface area contributed by atoms with Gasteiger partial charge in [0, 0.05) is 30.1 Å². The van der Waals surface area contributed by atoms with Gasteiger partial charge in [0.2, 0.25) is 5.91 Å². The molecule has 0 spiro atoms. The lowest BCUT2D eigenvalue weighted by molar-refractivity contribution is -0.111. The third kappa shape index (κ3) is 4.99. The second-order valence-electron chi connectivity index (χ2n) is 5.47. The molecule has 126 valence electrons. The molecule has 0 saturated carbocycles. The maximum atomic E-state index is 12.2. The van der Waals surface area contributed by atoms with Gasteiger partial charge >= 0.3 is 0 Å². The van der Waals surface area contributed by atoms with Gasteiger partial charge in [0.1, 0.15) is 10.0 Å². The SMILES string of the molecule is C=CC(=O)Nc1cccc(C(=O)NCCc2nnc(C(C)C)s2)c1. The lowest BCUT2D eigenvalue weighted by Gasteiger charge is -2.06. The highest BCUT2D eigenvalue weighted by atomic mass is 32.1. The molecule has 0 bridgehead atoms. The Balaban J connectivity index is 1.88. The molecule has 0 aliphatic rings. The molecule has 2 N–H and O–H groups in total. The number of hydrogen-bond donors (Lipinski definition) is 2. The second-order valence-corrected chi connectivity index (χ2v) is 6.56. The van der Waals surface area contributed by atoms with Crippen LogP contribution in [0.4, 0.5) is 5.69 Å². The number of nitrogens with zero attached hydrogens (tertiary/aromatic N) is 2. The number of carbonyl (C=O) groups excluding carboxylic acids is 2. The summed E-state index contributed by atoms with van der Waals surface area (Å²) in [5.74, 6) is -0.151. The normalized spacial score (nSPS) is 10.5. The summed E-state index contributed by atoms with van der Waals surface area (Å²) < 4.78 is 0. The van der Waals surface area contributed by atoms with E-state index in [1.807, 2.05) is 0 Å². The number of amides is 2. The molecule has 0 aliphatic heterocycles. The summed E-state index contributed by atoms with van der Waals surface area (Å²) in [5, 5.41) is 15.6. The molecule has 0 radical (unpaired) electrons. The third-order valence-corrected chi connectivity index (χ3v) is 4.46. The number of rotatable bonds is 7. The van der Waals surface area contributed by atoms with E-state index in [1.54, 1.807) is 35.6 Å². The minimum absolute atomic E-state index is 0.196. The summed E-state index contributed by atoms with van der Waals surface area (Å²) in [6.45, 7) is 8.02. The molecule has 1 aromatic heterocycles.